The molecule has 1 aromatic heterocycles. The second-order valence-electron chi connectivity index (χ2n) is 6.45. The van der Waals surface area contributed by atoms with Gasteiger partial charge in [0.15, 0.2) is 11.5 Å². The van der Waals surface area contributed by atoms with Gasteiger partial charge in [0.1, 0.15) is 5.75 Å². The number of carbonyl (C=O) groups is 2. The Morgan fingerprint density at radius 3 is 2.26 bits per heavy atom. The number of nitrogens with one attached hydrogen (secondary N) is 2. The standard InChI is InChI=1S/C20H24N2O3.C2H2O4/c1-23-16-5-6-18-17(11-16)15(13-22-18)8-9-21-12-14-4-7-19(24-2)20(10-14)25-3;3-1(4)2(5)6/h4-7,10-11,13,21-22H,8-9,12H2,1-3H3;(H,3,4)(H,5,6). The van der Waals surface area contributed by atoms with Gasteiger partial charge in [-0.2, -0.15) is 0 Å². The minimum absolute atomic E-state index is 0.749. The van der Waals surface area contributed by atoms with E-state index in [1.807, 2.05) is 24.3 Å². The van der Waals surface area contributed by atoms with Gasteiger partial charge < -0.3 is 34.7 Å². The van der Waals surface area contributed by atoms with E-state index < -0.39 is 11.9 Å². The summed E-state index contributed by atoms with van der Waals surface area (Å²) in [6.45, 7) is 1.67. The number of ether oxygens (including phenoxy) is 3. The van der Waals surface area contributed by atoms with E-state index in [4.69, 9.17) is 34.0 Å². The number of aromatic nitrogens is 1. The van der Waals surface area contributed by atoms with E-state index in [9.17, 15) is 0 Å². The largest absolute Gasteiger partial charge is 0.497 e. The number of benzene rings is 2. The quantitative estimate of drug-likeness (QED) is 0.317. The molecule has 31 heavy (non-hydrogen) atoms. The Morgan fingerprint density at radius 1 is 0.935 bits per heavy atom. The van der Waals surface area contributed by atoms with Gasteiger partial charge in [0.25, 0.3) is 0 Å². The van der Waals surface area contributed by atoms with Crippen molar-refractivity contribution >= 4 is 22.8 Å². The number of aromatic amines is 1. The lowest BCUT2D eigenvalue weighted by Gasteiger charge is -2.10. The maximum absolute atomic E-state index is 9.10. The Balaban J connectivity index is 0.000000501. The van der Waals surface area contributed by atoms with E-state index in [1.165, 1.54) is 16.5 Å². The van der Waals surface area contributed by atoms with Crippen molar-refractivity contribution in [3.63, 3.8) is 0 Å². The van der Waals surface area contributed by atoms with Crippen LogP contribution in [0.1, 0.15) is 11.1 Å². The van der Waals surface area contributed by atoms with Crippen molar-refractivity contribution in [1.29, 1.82) is 0 Å². The Labute approximate surface area is 179 Å². The van der Waals surface area contributed by atoms with Crippen LogP contribution >= 0.6 is 0 Å². The number of fused-ring (bicyclic) bond motifs is 1. The van der Waals surface area contributed by atoms with Crippen molar-refractivity contribution in [2.75, 3.05) is 27.9 Å². The van der Waals surface area contributed by atoms with Gasteiger partial charge in [0.2, 0.25) is 0 Å². The van der Waals surface area contributed by atoms with Crippen molar-refractivity contribution in [2.24, 2.45) is 0 Å². The highest BCUT2D eigenvalue weighted by atomic mass is 16.5. The van der Waals surface area contributed by atoms with Crippen LogP contribution in [0.15, 0.2) is 42.6 Å². The highest BCUT2D eigenvalue weighted by molar-refractivity contribution is 6.27. The van der Waals surface area contributed by atoms with Crippen molar-refractivity contribution in [2.45, 2.75) is 13.0 Å². The van der Waals surface area contributed by atoms with Gasteiger partial charge in [-0.05, 0) is 54.4 Å². The molecule has 0 aliphatic rings. The molecule has 0 spiro atoms. The summed E-state index contributed by atoms with van der Waals surface area (Å²) < 4.78 is 15.9. The molecule has 0 radical (unpaired) electrons. The second-order valence-corrected chi connectivity index (χ2v) is 6.45. The van der Waals surface area contributed by atoms with Crippen LogP contribution in [0, 0.1) is 0 Å². The van der Waals surface area contributed by atoms with E-state index >= 15 is 0 Å². The second kappa shape index (κ2) is 11.5. The minimum atomic E-state index is -1.82. The lowest BCUT2D eigenvalue weighted by molar-refractivity contribution is -0.159. The highest BCUT2D eigenvalue weighted by Gasteiger charge is 2.07. The van der Waals surface area contributed by atoms with Gasteiger partial charge in [-0.15, -0.1) is 0 Å². The Kier molecular flexibility index (Phi) is 8.71. The molecule has 0 amide bonds. The van der Waals surface area contributed by atoms with Crippen LogP contribution in [0.4, 0.5) is 0 Å². The predicted molar refractivity (Wildman–Crippen MR) is 115 cm³/mol. The molecule has 3 rings (SSSR count). The third-order valence-electron chi connectivity index (χ3n) is 4.51. The molecular formula is C22H26N2O7. The van der Waals surface area contributed by atoms with E-state index in [0.29, 0.717) is 0 Å². The zero-order chi connectivity index (χ0) is 22.8. The zero-order valence-electron chi connectivity index (χ0n) is 17.6. The number of carboxylic acid groups (broad SMARTS) is 2. The molecule has 0 atom stereocenters. The average molecular weight is 430 g/mol. The van der Waals surface area contributed by atoms with Crippen molar-refractivity contribution in [3.05, 3.63) is 53.7 Å². The number of hydrogen-bond donors (Lipinski definition) is 4. The molecule has 2 aromatic carbocycles. The topological polar surface area (TPSA) is 130 Å². The van der Waals surface area contributed by atoms with Crippen LogP contribution in [0.2, 0.25) is 0 Å². The maximum Gasteiger partial charge on any atom is 0.414 e. The van der Waals surface area contributed by atoms with Crippen molar-refractivity contribution in [1.82, 2.24) is 10.3 Å². The summed E-state index contributed by atoms with van der Waals surface area (Å²) in [4.78, 5) is 21.5. The lowest BCUT2D eigenvalue weighted by atomic mass is 10.1. The van der Waals surface area contributed by atoms with E-state index in [1.54, 1.807) is 21.3 Å². The minimum Gasteiger partial charge on any atom is -0.497 e. The van der Waals surface area contributed by atoms with Gasteiger partial charge in [0.05, 0.1) is 21.3 Å². The predicted octanol–water partition coefficient (Wildman–Crippen LogP) is 2.68. The molecule has 0 fully saturated rings. The van der Waals surface area contributed by atoms with Crippen LogP contribution in [-0.2, 0) is 22.6 Å². The van der Waals surface area contributed by atoms with Crippen LogP contribution < -0.4 is 19.5 Å². The number of hydrogen-bond acceptors (Lipinski definition) is 6. The van der Waals surface area contributed by atoms with Crippen LogP contribution in [-0.4, -0.2) is 55.0 Å². The van der Waals surface area contributed by atoms with Crippen LogP contribution in [0.25, 0.3) is 10.9 Å². The Morgan fingerprint density at radius 2 is 1.65 bits per heavy atom. The SMILES string of the molecule is COc1ccc2[nH]cc(CCNCc3ccc(OC)c(OC)c3)c2c1.O=C(O)C(=O)O. The van der Waals surface area contributed by atoms with Crippen molar-refractivity contribution in [3.8, 4) is 17.2 Å². The van der Waals surface area contributed by atoms with Crippen LogP contribution in [0.5, 0.6) is 17.2 Å². The first-order chi connectivity index (χ1) is 14.9. The molecule has 0 aliphatic carbocycles. The molecule has 0 saturated carbocycles. The summed E-state index contributed by atoms with van der Waals surface area (Å²) >= 11 is 0. The summed E-state index contributed by atoms with van der Waals surface area (Å²) in [6.07, 6.45) is 3.02. The maximum atomic E-state index is 9.10. The van der Waals surface area contributed by atoms with Crippen molar-refractivity contribution < 1.29 is 34.0 Å². The summed E-state index contributed by atoms with van der Waals surface area (Å²) in [5.74, 6) is -1.26. The highest BCUT2D eigenvalue weighted by Crippen LogP contribution is 2.27. The summed E-state index contributed by atoms with van der Waals surface area (Å²) in [6, 6.07) is 12.1. The Hall–Kier alpha value is -3.72. The molecule has 0 unspecified atom stereocenters. The van der Waals surface area contributed by atoms with E-state index in [0.717, 1.165) is 42.3 Å². The van der Waals surface area contributed by atoms with Gasteiger partial charge in [-0.1, -0.05) is 6.07 Å². The molecule has 4 N–H and O–H groups in total. The molecule has 1 heterocycles. The molecular weight excluding hydrogens is 404 g/mol. The first-order valence-electron chi connectivity index (χ1n) is 9.41. The normalized spacial score (nSPS) is 10.2. The molecule has 3 aromatic rings. The molecule has 166 valence electrons. The van der Waals surface area contributed by atoms with Gasteiger partial charge in [0, 0.05) is 23.6 Å². The fraction of sp³-hybridized carbons (Fsp3) is 0.273. The Bertz CT molecular complexity index is 1020. The average Bonchev–Trinajstić information content (AvgIpc) is 3.18. The monoisotopic (exact) mass is 430 g/mol. The first-order valence-corrected chi connectivity index (χ1v) is 9.41. The molecule has 9 heteroatoms. The fourth-order valence-electron chi connectivity index (χ4n) is 2.94. The van der Waals surface area contributed by atoms with E-state index in [-0.39, 0.29) is 0 Å². The molecule has 0 bridgehead atoms. The smallest absolute Gasteiger partial charge is 0.414 e. The van der Waals surface area contributed by atoms with Gasteiger partial charge in [-0.25, -0.2) is 9.59 Å². The number of rotatable bonds is 8. The third kappa shape index (κ3) is 6.65. The summed E-state index contributed by atoms with van der Waals surface area (Å²) in [5, 5.41) is 19.5. The molecule has 9 nitrogen and oxygen atoms in total. The molecule has 0 saturated heterocycles. The summed E-state index contributed by atoms with van der Waals surface area (Å²) in [7, 11) is 4.99. The van der Waals surface area contributed by atoms with Gasteiger partial charge >= 0.3 is 11.9 Å². The van der Waals surface area contributed by atoms with E-state index in [2.05, 4.69) is 28.6 Å². The number of aliphatic carboxylic acids is 2. The number of methoxy groups -OCH3 is 3. The fourth-order valence-corrected chi connectivity index (χ4v) is 2.94. The first kappa shape index (κ1) is 23.6. The zero-order valence-corrected chi connectivity index (χ0v) is 17.6. The lowest BCUT2D eigenvalue weighted by Crippen LogP contribution is -2.16. The van der Waals surface area contributed by atoms with Crippen LogP contribution in [0.3, 0.4) is 0 Å². The number of H-pyrrole nitrogens is 1. The summed E-state index contributed by atoms with van der Waals surface area (Å²) in [5.41, 5.74) is 3.59. The number of carboxylic acids is 2. The third-order valence-corrected chi connectivity index (χ3v) is 4.51. The van der Waals surface area contributed by atoms with Gasteiger partial charge in [-0.3, -0.25) is 0 Å². The molecule has 0 aliphatic heterocycles.